The van der Waals surface area contributed by atoms with Crippen LogP contribution in [0.5, 0.6) is 0 Å². The monoisotopic (exact) mass is 413 g/mol. The molecule has 0 saturated heterocycles. The fraction of sp³-hybridized carbons (Fsp3) is 0.238. The number of carbonyl (C=O) groups is 1. The number of carbonyl (C=O) groups excluding carboxylic acids is 1. The zero-order chi connectivity index (χ0) is 20.8. The summed E-state index contributed by atoms with van der Waals surface area (Å²) in [7, 11) is 0. The van der Waals surface area contributed by atoms with Crippen molar-refractivity contribution in [2.45, 2.75) is 25.7 Å². The molecule has 3 aromatic rings. The highest BCUT2D eigenvalue weighted by molar-refractivity contribution is 7.15. The lowest BCUT2D eigenvalue weighted by Gasteiger charge is -2.19. The summed E-state index contributed by atoms with van der Waals surface area (Å²) in [6.45, 7) is 1.93. The van der Waals surface area contributed by atoms with Crippen LogP contribution in [-0.2, 0) is 11.3 Å². The second-order valence-corrected chi connectivity index (χ2v) is 7.77. The minimum absolute atomic E-state index is 0.132. The Morgan fingerprint density at radius 2 is 1.86 bits per heavy atom. The second kappa shape index (κ2) is 9.51. The molecule has 1 aromatic heterocycles. The largest absolute Gasteiger partial charge is 0.445 e. The lowest BCUT2D eigenvalue weighted by molar-refractivity contribution is 0.0184. The number of hydrogen-bond acceptors (Lipinski definition) is 7. The quantitative estimate of drug-likeness (QED) is 0.473. The maximum atomic E-state index is 11.8. The first-order valence-electron chi connectivity index (χ1n) is 9.08. The Hall–Kier alpha value is -2.94. The Labute approximate surface area is 172 Å². The Morgan fingerprint density at radius 1 is 1.17 bits per heavy atom. The fourth-order valence-corrected chi connectivity index (χ4v) is 3.53. The molecular weight excluding hydrogens is 390 g/mol. The Balaban J connectivity index is 1.51. The summed E-state index contributed by atoms with van der Waals surface area (Å²) < 4.78 is 5.08. The number of nitrogens with one attached hydrogen (secondary N) is 1. The number of aromatic nitrogens is 1. The summed E-state index contributed by atoms with van der Waals surface area (Å²) >= 11 is 1.42. The standard InChI is InChI=1S/C21H23N3O4S/c1-13-18(24-20(22)29-13)15-7-9-16(10-8-15)19(26)17(25)11-23-21(27)28-12-14-5-3-2-4-6-14/h2-10,17,19,25-26H,11-12H2,1H3,(H2,22,24)(H,23,27). The first-order valence-corrected chi connectivity index (χ1v) is 9.89. The molecule has 0 aliphatic heterocycles. The second-order valence-electron chi connectivity index (χ2n) is 6.53. The molecule has 0 saturated carbocycles. The normalized spacial score (nSPS) is 12.9. The average Bonchev–Trinajstić information content (AvgIpc) is 3.08. The molecule has 29 heavy (non-hydrogen) atoms. The van der Waals surface area contributed by atoms with Crippen molar-refractivity contribution in [1.29, 1.82) is 0 Å². The molecule has 7 nitrogen and oxygen atoms in total. The fourth-order valence-electron chi connectivity index (χ4n) is 2.82. The highest BCUT2D eigenvalue weighted by atomic mass is 32.1. The molecule has 1 heterocycles. The van der Waals surface area contributed by atoms with Gasteiger partial charge in [0, 0.05) is 17.0 Å². The topological polar surface area (TPSA) is 118 Å². The summed E-state index contributed by atoms with van der Waals surface area (Å²) in [5.74, 6) is 0. The lowest BCUT2D eigenvalue weighted by atomic mass is 10.0. The first-order chi connectivity index (χ1) is 13.9. The van der Waals surface area contributed by atoms with Gasteiger partial charge in [0.2, 0.25) is 0 Å². The third-order valence-electron chi connectivity index (χ3n) is 4.37. The third-order valence-corrected chi connectivity index (χ3v) is 5.17. The highest BCUT2D eigenvalue weighted by Crippen LogP contribution is 2.29. The summed E-state index contributed by atoms with van der Waals surface area (Å²) in [5, 5.41) is 23.5. The summed E-state index contributed by atoms with van der Waals surface area (Å²) in [5.41, 5.74) is 8.81. The van der Waals surface area contributed by atoms with Crippen LogP contribution in [0.2, 0.25) is 0 Å². The number of aryl methyl sites for hydroxylation is 1. The van der Waals surface area contributed by atoms with Gasteiger partial charge in [-0.2, -0.15) is 0 Å². The van der Waals surface area contributed by atoms with E-state index in [0.717, 1.165) is 21.7 Å². The van der Waals surface area contributed by atoms with Crippen molar-refractivity contribution in [1.82, 2.24) is 10.3 Å². The van der Waals surface area contributed by atoms with Gasteiger partial charge in [-0.1, -0.05) is 54.6 Å². The number of rotatable bonds is 7. The summed E-state index contributed by atoms with van der Waals surface area (Å²) in [6.07, 6.45) is -2.99. The molecule has 2 unspecified atom stereocenters. The Bertz CT molecular complexity index is 944. The number of aliphatic hydroxyl groups is 2. The molecule has 3 rings (SSSR count). The van der Waals surface area contributed by atoms with Crippen LogP contribution in [0.15, 0.2) is 54.6 Å². The predicted molar refractivity (Wildman–Crippen MR) is 112 cm³/mol. The van der Waals surface area contributed by atoms with Crippen molar-refractivity contribution in [3.8, 4) is 11.3 Å². The SMILES string of the molecule is Cc1sc(N)nc1-c1ccc(C(O)C(O)CNC(=O)OCc2ccccc2)cc1. The van der Waals surface area contributed by atoms with Gasteiger partial charge in [-0.25, -0.2) is 9.78 Å². The van der Waals surface area contributed by atoms with Crippen LogP contribution in [0.1, 0.15) is 22.1 Å². The van der Waals surface area contributed by atoms with Crippen molar-refractivity contribution in [2.24, 2.45) is 0 Å². The molecule has 1 amide bonds. The van der Waals surface area contributed by atoms with Gasteiger partial charge in [0.1, 0.15) is 18.8 Å². The first kappa shape index (κ1) is 20.8. The molecular formula is C21H23N3O4S. The molecule has 8 heteroatoms. The number of benzene rings is 2. The van der Waals surface area contributed by atoms with Crippen LogP contribution >= 0.6 is 11.3 Å². The molecule has 0 radical (unpaired) electrons. The van der Waals surface area contributed by atoms with Crippen LogP contribution in [0.4, 0.5) is 9.93 Å². The van der Waals surface area contributed by atoms with E-state index in [1.54, 1.807) is 12.1 Å². The Morgan fingerprint density at radius 3 is 2.48 bits per heavy atom. The van der Waals surface area contributed by atoms with E-state index in [1.807, 2.05) is 49.4 Å². The van der Waals surface area contributed by atoms with Gasteiger partial charge in [0.15, 0.2) is 5.13 Å². The van der Waals surface area contributed by atoms with E-state index in [1.165, 1.54) is 11.3 Å². The van der Waals surface area contributed by atoms with E-state index in [-0.39, 0.29) is 13.2 Å². The number of ether oxygens (including phenoxy) is 1. The molecule has 5 N–H and O–H groups in total. The van der Waals surface area contributed by atoms with Crippen LogP contribution in [-0.4, -0.2) is 33.9 Å². The van der Waals surface area contributed by atoms with E-state index >= 15 is 0 Å². The lowest BCUT2D eigenvalue weighted by Crippen LogP contribution is -2.35. The van der Waals surface area contributed by atoms with Crippen LogP contribution < -0.4 is 11.1 Å². The van der Waals surface area contributed by atoms with Crippen molar-refractivity contribution < 1.29 is 19.7 Å². The smallest absolute Gasteiger partial charge is 0.407 e. The zero-order valence-electron chi connectivity index (χ0n) is 15.9. The van der Waals surface area contributed by atoms with Crippen molar-refractivity contribution in [3.63, 3.8) is 0 Å². The van der Waals surface area contributed by atoms with Crippen molar-refractivity contribution >= 4 is 22.6 Å². The van der Waals surface area contributed by atoms with Crippen molar-refractivity contribution in [3.05, 3.63) is 70.6 Å². The molecule has 2 atom stereocenters. The van der Waals surface area contributed by atoms with E-state index in [9.17, 15) is 15.0 Å². The third kappa shape index (κ3) is 5.54. The van der Waals surface area contributed by atoms with Gasteiger partial charge in [0.25, 0.3) is 0 Å². The van der Waals surface area contributed by atoms with Gasteiger partial charge in [0.05, 0.1) is 5.69 Å². The van der Waals surface area contributed by atoms with Crippen LogP contribution in [0, 0.1) is 6.92 Å². The predicted octanol–water partition coefficient (Wildman–Crippen LogP) is 3.02. The molecule has 0 spiro atoms. The number of alkyl carbamates (subject to hydrolysis) is 1. The van der Waals surface area contributed by atoms with Crippen molar-refractivity contribution in [2.75, 3.05) is 12.3 Å². The molecule has 0 fully saturated rings. The van der Waals surface area contributed by atoms with Gasteiger partial charge < -0.3 is 26.0 Å². The number of nitrogens with two attached hydrogens (primary N) is 1. The molecule has 0 bridgehead atoms. The number of aliphatic hydroxyl groups excluding tert-OH is 2. The number of nitrogens with zero attached hydrogens (tertiary/aromatic N) is 1. The van der Waals surface area contributed by atoms with Gasteiger partial charge in [-0.15, -0.1) is 11.3 Å². The summed E-state index contributed by atoms with van der Waals surface area (Å²) in [6, 6.07) is 16.3. The number of anilines is 1. The van der Waals surface area contributed by atoms with Crippen LogP contribution in [0.3, 0.4) is 0 Å². The number of hydrogen-bond donors (Lipinski definition) is 4. The van der Waals surface area contributed by atoms with Gasteiger partial charge >= 0.3 is 6.09 Å². The Kier molecular flexibility index (Phi) is 6.82. The maximum absolute atomic E-state index is 11.8. The highest BCUT2D eigenvalue weighted by Gasteiger charge is 2.20. The molecule has 0 aliphatic carbocycles. The van der Waals surface area contributed by atoms with Gasteiger partial charge in [-0.3, -0.25) is 0 Å². The molecule has 2 aromatic carbocycles. The number of nitrogen functional groups attached to an aromatic ring is 1. The molecule has 152 valence electrons. The summed E-state index contributed by atoms with van der Waals surface area (Å²) in [4.78, 5) is 17.1. The zero-order valence-corrected chi connectivity index (χ0v) is 16.7. The average molecular weight is 413 g/mol. The van der Waals surface area contributed by atoms with E-state index in [4.69, 9.17) is 10.5 Å². The minimum atomic E-state index is -1.18. The van der Waals surface area contributed by atoms with Crippen LogP contribution in [0.25, 0.3) is 11.3 Å². The molecule has 0 aliphatic rings. The van der Waals surface area contributed by atoms with E-state index in [2.05, 4.69) is 10.3 Å². The van der Waals surface area contributed by atoms with E-state index in [0.29, 0.717) is 10.7 Å². The van der Waals surface area contributed by atoms with E-state index < -0.39 is 18.3 Å². The maximum Gasteiger partial charge on any atom is 0.407 e. The number of amides is 1. The number of thiazole rings is 1. The minimum Gasteiger partial charge on any atom is -0.445 e. The van der Waals surface area contributed by atoms with Gasteiger partial charge in [-0.05, 0) is 18.1 Å².